The van der Waals surface area contributed by atoms with E-state index in [0.29, 0.717) is 25.9 Å². The van der Waals surface area contributed by atoms with E-state index in [9.17, 15) is 19.8 Å². The van der Waals surface area contributed by atoms with Crippen molar-refractivity contribution in [2.24, 2.45) is 0 Å². The lowest BCUT2D eigenvalue weighted by atomic mass is 10.0. The first-order chi connectivity index (χ1) is 39.5. The average molecular weight is 1130 g/mol. The van der Waals surface area contributed by atoms with Gasteiger partial charge in [-0.1, -0.05) is 366 Å². The van der Waals surface area contributed by atoms with Gasteiger partial charge < -0.3 is 20.3 Å². The molecule has 2 atom stereocenters. The molecule has 3 N–H and O–H groups in total. The number of rotatable bonds is 69. The van der Waals surface area contributed by atoms with Crippen molar-refractivity contribution in [1.29, 1.82) is 0 Å². The van der Waals surface area contributed by atoms with E-state index >= 15 is 0 Å². The minimum absolute atomic E-state index is 0.0146. The summed E-state index contributed by atoms with van der Waals surface area (Å²) in [4.78, 5) is 24.6. The zero-order chi connectivity index (χ0) is 57.8. The number of carbonyl (C=O) groups is 2. The van der Waals surface area contributed by atoms with Crippen molar-refractivity contribution in [3.8, 4) is 0 Å². The Balaban J connectivity index is 3.30. The van der Waals surface area contributed by atoms with E-state index in [-0.39, 0.29) is 18.5 Å². The van der Waals surface area contributed by atoms with Crippen molar-refractivity contribution < 1.29 is 24.5 Å². The third kappa shape index (κ3) is 65.5. The molecule has 0 saturated carbocycles. The number of nitrogens with one attached hydrogen (secondary N) is 1. The molecule has 2 unspecified atom stereocenters. The van der Waals surface area contributed by atoms with Gasteiger partial charge in [-0.2, -0.15) is 0 Å². The number of carbonyl (C=O) groups excluding carboxylic acids is 2. The summed E-state index contributed by atoms with van der Waals surface area (Å²) in [5.41, 5.74) is 0. The van der Waals surface area contributed by atoms with Crippen LogP contribution in [-0.2, 0) is 14.3 Å². The van der Waals surface area contributed by atoms with Crippen LogP contribution in [0, 0.1) is 0 Å². The Labute approximate surface area is 501 Å². The molecular formula is C74H143NO5. The van der Waals surface area contributed by atoms with E-state index in [4.69, 9.17) is 4.74 Å². The number of unbranched alkanes of at least 4 members (excludes halogenated alkanes) is 54. The zero-order valence-electron chi connectivity index (χ0n) is 54.3. The van der Waals surface area contributed by atoms with Crippen LogP contribution in [0.5, 0.6) is 0 Å². The Hall–Kier alpha value is -1.66. The smallest absolute Gasteiger partial charge is 0.305 e. The molecule has 6 nitrogen and oxygen atoms in total. The molecule has 0 aromatic rings. The van der Waals surface area contributed by atoms with Gasteiger partial charge in [-0.05, 0) is 57.8 Å². The average Bonchev–Trinajstić information content (AvgIpc) is 3.46. The lowest BCUT2D eigenvalue weighted by Crippen LogP contribution is -2.45. The summed E-state index contributed by atoms with van der Waals surface area (Å²) in [6, 6.07) is -0.536. The molecule has 0 spiro atoms. The molecule has 0 aromatic carbocycles. The summed E-state index contributed by atoms with van der Waals surface area (Å²) >= 11 is 0. The molecule has 6 heteroatoms. The summed E-state index contributed by atoms with van der Waals surface area (Å²) in [6.45, 7) is 4.96. The number of hydrogen-bond donors (Lipinski definition) is 3. The van der Waals surface area contributed by atoms with Gasteiger partial charge in [-0.15, -0.1) is 0 Å². The Morgan fingerprint density at radius 3 is 0.975 bits per heavy atom. The lowest BCUT2D eigenvalue weighted by Gasteiger charge is -2.22. The molecule has 474 valence electrons. The van der Waals surface area contributed by atoms with Crippen LogP contribution in [0.15, 0.2) is 24.3 Å². The van der Waals surface area contributed by atoms with E-state index in [2.05, 4.69) is 43.5 Å². The minimum atomic E-state index is -0.660. The number of ether oxygens (including phenoxy) is 1. The molecule has 0 bridgehead atoms. The van der Waals surface area contributed by atoms with Gasteiger partial charge in [0.05, 0.1) is 25.4 Å². The van der Waals surface area contributed by atoms with Crippen molar-refractivity contribution >= 4 is 11.9 Å². The molecular weight excluding hydrogens is 983 g/mol. The van der Waals surface area contributed by atoms with Crippen LogP contribution in [0.3, 0.4) is 0 Å². The van der Waals surface area contributed by atoms with Gasteiger partial charge in [-0.3, -0.25) is 9.59 Å². The normalized spacial score (nSPS) is 12.6. The second kappa shape index (κ2) is 69.8. The monoisotopic (exact) mass is 1130 g/mol. The van der Waals surface area contributed by atoms with Crippen LogP contribution in [0.4, 0.5) is 0 Å². The van der Waals surface area contributed by atoms with E-state index in [1.165, 1.54) is 327 Å². The van der Waals surface area contributed by atoms with Gasteiger partial charge in [-0.25, -0.2) is 0 Å². The summed E-state index contributed by atoms with van der Waals surface area (Å²) < 4.78 is 5.50. The highest BCUT2D eigenvalue weighted by Gasteiger charge is 2.20. The summed E-state index contributed by atoms with van der Waals surface area (Å²) in [6.07, 6.45) is 88.2. The minimum Gasteiger partial charge on any atom is -0.466 e. The Morgan fingerprint density at radius 2 is 0.625 bits per heavy atom. The Bertz CT molecular complexity index is 1250. The number of esters is 1. The third-order valence-electron chi connectivity index (χ3n) is 17.3. The van der Waals surface area contributed by atoms with Gasteiger partial charge >= 0.3 is 5.97 Å². The fourth-order valence-corrected chi connectivity index (χ4v) is 11.7. The number of amides is 1. The Morgan fingerprint density at radius 1 is 0.350 bits per heavy atom. The highest BCUT2D eigenvalue weighted by Crippen LogP contribution is 2.19. The summed E-state index contributed by atoms with van der Waals surface area (Å²) in [5.74, 6) is -0.0133. The van der Waals surface area contributed by atoms with E-state index in [0.717, 1.165) is 51.4 Å². The SMILES string of the molecule is CCCCC/C=C\C/C=C\CCCCCCCCCC(=O)OCCCCCCCCCCCCCCCCCCCCCCCCCCCCCCCCCCCC(=O)NC(CO)C(O)CCCCCCCCCCCCCCC. The van der Waals surface area contributed by atoms with Crippen molar-refractivity contribution in [1.82, 2.24) is 5.32 Å². The number of aliphatic hydroxyl groups is 2. The standard InChI is InChI=1S/C74H143NO5/c1-3-5-7-9-11-13-15-17-18-36-40-44-48-52-56-60-64-68-74(79)80-69-65-61-57-53-49-45-41-38-35-33-31-29-27-25-23-21-19-20-22-24-26-28-30-32-34-37-39-43-47-51-55-59-63-67-73(78)75-71(70-76)72(77)66-62-58-54-50-46-42-16-14-12-10-8-6-4-2/h11,13,17-18,71-72,76-77H,3-10,12,14-16,19-70H2,1-2H3,(H,75,78)/b13-11-,18-17-. The number of hydrogen-bond acceptors (Lipinski definition) is 5. The van der Waals surface area contributed by atoms with Gasteiger partial charge in [0.2, 0.25) is 5.91 Å². The van der Waals surface area contributed by atoms with Crippen molar-refractivity contribution in [2.45, 2.75) is 424 Å². The fourth-order valence-electron chi connectivity index (χ4n) is 11.7. The predicted molar refractivity (Wildman–Crippen MR) is 352 cm³/mol. The van der Waals surface area contributed by atoms with Gasteiger partial charge in [0.25, 0.3) is 0 Å². The third-order valence-corrected chi connectivity index (χ3v) is 17.3. The highest BCUT2D eigenvalue weighted by molar-refractivity contribution is 5.76. The van der Waals surface area contributed by atoms with Gasteiger partial charge in [0.1, 0.15) is 0 Å². The van der Waals surface area contributed by atoms with Crippen LogP contribution in [0.25, 0.3) is 0 Å². The first-order valence-corrected chi connectivity index (χ1v) is 36.6. The van der Waals surface area contributed by atoms with E-state index in [1.807, 2.05) is 0 Å². The molecule has 0 aliphatic heterocycles. The molecule has 1 amide bonds. The molecule has 0 aromatic heterocycles. The maximum Gasteiger partial charge on any atom is 0.305 e. The van der Waals surface area contributed by atoms with Crippen LogP contribution < -0.4 is 5.32 Å². The van der Waals surface area contributed by atoms with Crippen LogP contribution in [0.2, 0.25) is 0 Å². The zero-order valence-corrected chi connectivity index (χ0v) is 54.3. The molecule has 0 saturated heterocycles. The van der Waals surface area contributed by atoms with Crippen molar-refractivity contribution in [3.63, 3.8) is 0 Å². The van der Waals surface area contributed by atoms with Crippen molar-refractivity contribution in [3.05, 3.63) is 24.3 Å². The van der Waals surface area contributed by atoms with E-state index < -0.39 is 12.1 Å². The largest absolute Gasteiger partial charge is 0.466 e. The van der Waals surface area contributed by atoms with Gasteiger partial charge in [0, 0.05) is 12.8 Å². The maximum absolute atomic E-state index is 12.5. The quantitative estimate of drug-likeness (QED) is 0.0320. The van der Waals surface area contributed by atoms with Crippen molar-refractivity contribution in [2.75, 3.05) is 13.2 Å². The predicted octanol–water partition coefficient (Wildman–Crippen LogP) is 23.7. The molecule has 0 aliphatic carbocycles. The van der Waals surface area contributed by atoms with Crippen LogP contribution in [-0.4, -0.2) is 47.4 Å². The maximum atomic E-state index is 12.5. The fraction of sp³-hybridized carbons (Fsp3) is 0.919. The number of allylic oxidation sites excluding steroid dienone is 4. The molecule has 0 rings (SSSR count). The lowest BCUT2D eigenvalue weighted by molar-refractivity contribution is -0.143. The molecule has 80 heavy (non-hydrogen) atoms. The second-order valence-electron chi connectivity index (χ2n) is 25.3. The molecule has 0 heterocycles. The number of aliphatic hydroxyl groups excluding tert-OH is 2. The second-order valence-corrected chi connectivity index (χ2v) is 25.3. The first-order valence-electron chi connectivity index (χ1n) is 36.6. The molecule has 0 fully saturated rings. The summed E-state index contributed by atoms with van der Waals surface area (Å²) in [5, 5.41) is 23.3. The Kier molecular flexibility index (Phi) is 68.4. The van der Waals surface area contributed by atoms with Crippen LogP contribution >= 0.6 is 0 Å². The highest BCUT2D eigenvalue weighted by atomic mass is 16.5. The van der Waals surface area contributed by atoms with E-state index in [1.54, 1.807) is 0 Å². The van der Waals surface area contributed by atoms with Gasteiger partial charge in [0.15, 0.2) is 0 Å². The topological polar surface area (TPSA) is 95.9 Å². The van der Waals surface area contributed by atoms with Crippen LogP contribution in [0.1, 0.15) is 412 Å². The summed E-state index contributed by atoms with van der Waals surface area (Å²) in [7, 11) is 0. The molecule has 0 radical (unpaired) electrons. The first kappa shape index (κ1) is 78.3. The molecule has 0 aliphatic rings.